The van der Waals surface area contributed by atoms with Gasteiger partial charge in [-0.25, -0.2) is 19.9 Å². The molecular weight excluding hydrogens is 283 g/mol. The standard InChI is InChI=1S/C13H10F3N5/c1-7-6-17-10-12(18-7)21(2)11(20-10)8-4-3-5-9(19-8)13(14,15)16/h3-6H,1-2H3. The van der Waals surface area contributed by atoms with E-state index in [1.807, 2.05) is 0 Å². The van der Waals surface area contributed by atoms with E-state index in [0.717, 1.165) is 6.07 Å². The summed E-state index contributed by atoms with van der Waals surface area (Å²) in [5, 5.41) is 0. The second-order valence-electron chi connectivity index (χ2n) is 4.56. The van der Waals surface area contributed by atoms with Crippen molar-refractivity contribution in [2.75, 3.05) is 0 Å². The molecule has 3 heterocycles. The monoisotopic (exact) mass is 293 g/mol. The summed E-state index contributed by atoms with van der Waals surface area (Å²) in [5.74, 6) is 0.293. The Morgan fingerprint density at radius 1 is 1.10 bits per heavy atom. The van der Waals surface area contributed by atoms with Crippen LogP contribution >= 0.6 is 0 Å². The van der Waals surface area contributed by atoms with Gasteiger partial charge in [0.15, 0.2) is 17.1 Å². The zero-order valence-corrected chi connectivity index (χ0v) is 11.2. The van der Waals surface area contributed by atoms with Crippen LogP contribution in [0.25, 0.3) is 22.8 Å². The van der Waals surface area contributed by atoms with Crippen LogP contribution < -0.4 is 0 Å². The highest BCUT2D eigenvalue weighted by atomic mass is 19.4. The summed E-state index contributed by atoms with van der Waals surface area (Å²) in [6, 6.07) is 3.70. The fourth-order valence-electron chi connectivity index (χ4n) is 1.98. The minimum absolute atomic E-state index is 0.129. The number of halogens is 3. The Bertz CT molecular complexity index is 822. The highest BCUT2D eigenvalue weighted by Gasteiger charge is 2.32. The molecule has 0 atom stereocenters. The molecule has 0 fully saturated rings. The molecule has 0 radical (unpaired) electrons. The molecule has 8 heteroatoms. The van der Waals surface area contributed by atoms with Crippen molar-refractivity contribution in [3.63, 3.8) is 0 Å². The Morgan fingerprint density at radius 3 is 2.57 bits per heavy atom. The van der Waals surface area contributed by atoms with E-state index in [9.17, 15) is 13.2 Å². The lowest BCUT2D eigenvalue weighted by Crippen LogP contribution is -2.08. The van der Waals surface area contributed by atoms with Gasteiger partial charge in [-0.05, 0) is 19.1 Å². The van der Waals surface area contributed by atoms with E-state index in [0.29, 0.717) is 22.8 Å². The van der Waals surface area contributed by atoms with E-state index in [1.165, 1.54) is 12.1 Å². The van der Waals surface area contributed by atoms with Crippen molar-refractivity contribution in [2.45, 2.75) is 13.1 Å². The summed E-state index contributed by atoms with van der Waals surface area (Å²) in [4.78, 5) is 16.2. The third kappa shape index (κ3) is 2.32. The van der Waals surface area contributed by atoms with Gasteiger partial charge in [-0.2, -0.15) is 13.2 Å². The van der Waals surface area contributed by atoms with Crippen molar-refractivity contribution in [3.05, 3.63) is 35.8 Å². The summed E-state index contributed by atoms with van der Waals surface area (Å²) >= 11 is 0. The third-order valence-corrected chi connectivity index (χ3v) is 2.97. The number of hydrogen-bond donors (Lipinski definition) is 0. The van der Waals surface area contributed by atoms with Crippen LogP contribution in [0.4, 0.5) is 13.2 Å². The van der Waals surface area contributed by atoms with Gasteiger partial charge in [0.05, 0.1) is 11.9 Å². The fourth-order valence-corrected chi connectivity index (χ4v) is 1.98. The van der Waals surface area contributed by atoms with Crippen LogP contribution in [0.5, 0.6) is 0 Å². The Labute approximate surface area is 117 Å². The Kier molecular flexibility index (Phi) is 2.89. The van der Waals surface area contributed by atoms with Crippen molar-refractivity contribution in [1.29, 1.82) is 0 Å². The number of imidazole rings is 1. The zero-order valence-electron chi connectivity index (χ0n) is 11.2. The van der Waals surface area contributed by atoms with Crippen molar-refractivity contribution >= 4 is 11.3 Å². The molecule has 3 aromatic heterocycles. The number of nitrogens with zero attached hydrogens (tertiary/aromatic N) is 5. The van der Waals surface area contributed by atoms with Gasteiger partial charge >= 0.3 is 6.18 Å². The van der Waals surface area contributed by atoms with Gasteiger partial charge in [0.2, 0.25) is 0 Å². The maximum absolute atomic E-state index is 12.7. The number of aryl methyl sites for hydroxylation is 2. The number of rotatable bonds is 1. The average Bonchev–Trinajstić information content (AvgIpc) is 2.75. The molecule has 0 amide bonds. The van der Waals surface area contributed by atoms with Gasteiger partial charge in [-0.3, -0.25) is 0 Å². The molecule has 0 aliphatic heterocycles. The van der Waals surface area contributed by atoms with Gasteiger partial charge < -0.3 is 4.57 Å². The molecule has 5 nitrogen and oxygen atoms in total. The minimum atomic E-state index is -4.49. The number of pyridine rings is 1. The third-order valence-electron chi connectivity index (χ3n) is 2.97. The maximum atomic E-state index is 12.7. The summed E-state index contributed by atoms with van der Waals surface area (Å²) in [6.07, 6.45) is -2.94. The first kappa shape index (κ1) is 13.5. The summed E-state index contributed by atoms with van der Waals surface area (Å²) in [7, 11) is 1.67. The van der Waals surface area contributed by atoms with E-state index < -0.39 is 11.9 Å². The van der Waals surface area contributed by atoms with Crippen LogP contribution in [0.15, 0.2) is 24.4 Å². The smallest absolute Gasteiger partial charge is 0.309 e. The van der Waals surface area contributed by atoms with E-state index >= 15 is 0 Å². The molecule has 0 N–H and O–H groups in total. The molecule has 108 valence electrons. The van der Waals surface area contributed by atoms with Crippen LogP contribution in [0.2, 0.25) is 0 Å². The number of fused-ring (bicyclic) bond motifs is 1. The second-order valence-corrected chi connectivity index (χ2v) is 4.56. The van der Waals surface area contributed by atoms with E-state index in [-0.39, 0.29) is 5.69 Å². The Morgan fingerprint density at radius 2 is 1.86 bits per heavy atom. The topological polar surface area (TPSA) is 56.5 Å². The molecule has 0 aromatic carbocycles. The van der Waals surface area contributed by atoms with Crippen LogP contribution in [0.1, 0.15) is 11.4 Å². The molecule has 0 saturated carbocycles. The van der Waals surface area contributed by atoms with E-state index in [1.54, 1.807) is 24.7 Å². The minimum Gasteiger partial charge on any atom is -0.309 e. The number of alkyl halides is 3. The lowest BCUT2D eigenvalue weighted by atomic mass is 10.3. The largest absolute Gasteiger partial charge is 0.433 e. The highest BCUT2D eigenvalue weighted by Crippen LogP contribution is 2.29. The molecule has 0 unspecified atom stereocenters. The summed E-state index contributed by atoms with van der Waals surface area (Å²) in [6.45, 7) is 1.78. The predicted octanol–water partition coefficient (Wildman–Crippen LogP) is 2.75. The first-order valence-corrected chi connectivity index (χ1v) is 6.07. The van der Waals surface area contributed by atoms with Gasteiger partial charge in [0.25, 0.3) is 0 Å². The van der Waals surface area contributed by atoms with Crippen molar-refractivity contribution in [3.8, 4) is 11.5 Å². The van der Waals surface area contributed by atoms with Crippen LogP contribution in [0.3, 0.4) is 0 Å². The normalized spacial score (nSPS) is 12.0. The Hall–Kier alpha value is -2.51. The summed E-state index contributed by atoms with van der Waals surface area (Å²) < 4.78 is 39.8. The van der Waals surface area contributed by atoms with Crippen molar-refractivity contribution in [1.82, 2.24) is 24.5 Å². The molecular formula is C13H10F3N5. The molecule has 0 aliphatic carbocycles. The predicted molar refractivity (Wildman–Crippen MR) is 69.3 cm³/mol. The molecule has 0 spiro atoms. The summed E-state index contributed by atoms with van der Waals surface area (Å²) in [5.41, 5.74) is 0.754. The maximum Gasteiger partial charge on any atom is 0.433 e. The fraction of sp³-hybridized carbons (Fsp3) is 0.231. The molecule has 3 rings (SSSR count). The molecule has 3 aromatic rings. The van der Waals surface area contributed by atoms with Crippen molar-refractivity contribution in [2.24, 2.45) is 7.05 Å². The molecule has 0 saturated heterocycles. The highest BCUT2D eigenvalue weighted by molar-refractivity contribution is 5.72. The first-order chi connectivity index (χ1) is 9.86. The van der Waals surface area contributed by atoms with Gasteiger partial charge in [-0.1, -0.05) is 6.07 Å². The molecule has 0 aliphatic rings. The van der Waals surface area contributed by atoms with E-state index in [4.69, 9.17) is 0 Å². The first-order valence-electron chi connectivity index (χ1n) is 6.07. The van der Waals surface area contributed by atoms with Crippen molar-refractivity contribution < 1.29 is 13.2 Å². The van der Waals surface area contributed by atoms with Gasteiger partial charge in [0.1, 0.15) is 11.4 Å². The van der Waals surface area contributed by atoms with Gasteiger partial charge in [0, 0.05) is 7.05 Å². The van der Waals surface area contributed by atoms with E-state index in [2.05, 4.69) is 19.9 Å². The Balaban J connectivity index is 2.19. The quantitative estimate of drug-likeness (QED) is 0.692. The average molecular weight is 293 g/mol. The number of aromatic nitrogens is 5. The lowest BCUT2D eigenvalue weighted by molar-refractivity contribution is -0.141. The van der Waals surface area contributed by atoms with Crippen LogP contribution in [0, 0.1) is 6.92 Å². The lowest BCUT2D eigenvalue weighted by Gasteiger charge is -2.07. The zero-order chi connectivity index (χ0) is 15.2. The van der Waals surface area contributed by atoms with Gasteiger partial charge in [-0.15, -0.1) is 0 Å². The number of hydrogen-bond acceptors (Lipinski definition) is 4. The van der Waals surface area contributed by atoms with Crippen LogP contribution in [-0.4, -0.2) is 24.5 Å². The molecule has 21 heavy (non-hydrogen) atoms. The van der Waals surface area contributed by atoms with Crippen LogP contribution in [-0.2, 0) is 13.2 Å². The molecule has 0 bridgehead atoms. The SMILES string of the molecule is Cc1cnc2nc(-c3cccc(C(F)(F)F)n3)n(C)c2n1. The second kappa shape index (κ2) is 4.51.